The predicted molar refractivity (Wildman–Crippen MR) is 70.8 cm³/mol. The Hall–Kier alpha value is -0.630. The molecule has 1 aromatic carbocycles. The molecular weight excluding hydrogens is 202 g/mol. The van der Waals surface area contributed by atoms with Crippen LogP contribution in [0.5, 0.6) is 0 Å². The van der Waals surface area contributed by atoms with Gasteiger partial charge in [0.25, 0.3) is 0 Å². The van der Waals surface area contributed by atoms with E-state index in [-0.39, 0.29) is 0 Å². The van der Waals surface area contributed by atoms with Gasteiger partial charge in [0.1, 0.15) is 0 Å². The predicted octanol–water partition coefficient (Wildman–Crippen LogP) is 4.26. The zero-order chi connectivity index (χ0) is 11.3. The molecular formula is C13H21NS. The lowest BCUT2D eigenvalue weighted by molar-refractivity contribution is 0.390. The van der Waals surface area contributed by atoms with Crippen LogP contribution in [-0.4, -0.2) is 12.8 Å². The molecule has 15 heavy (non-hydrogen) atoms. The van der Waals surface area contributed by atoms with Crippen molar-refractivity contribution in [1.82, 2.24) is 0 Å². The summed E-state index contributed by atoms with van der Waals surface area (Å²) in [6.07, 6.45) is 3.29. The maximum absolute atomic E-state index is 3.44. The highest BCUT2D eigenvalue weighted by Crippen LogP contribution is 2.20. The van der Waals surface area contributed by atoms with Crippen LogP contribution >= 0.6 is 11.8 Å². The molecule has 1 rings (SSSR count). The van der Waals surface area contributed by atoms with Gasteiger partial charge in [0.2, 0.25) is 0 Å². The Morgan fingerprint density at radius 2 is 1.73 bits per heavy atom. The largest absolute Gasteiger partial charge is 0.385 e. The highest BCUT2D eigenvalue weighted by atomic mass is 32.2. The fraction of sp³-hybridized carbons (Fsp3) is 0.538. The first-order chi connectivity index (χ1) is 7.01. The van der Waals surface area contributed by atoms with E-state index in [1.54, 1.807) is 11.8 Å². The number of thioether (sulfide) groups is 1. The second-order valence-corrected chi connectivity index (χ2v) is 5.85. The highest BCUT2D eigenvalue weighted by Gasteiger charge is 2.08. The molecule has 0 saturated heterocycles. The van der Waals surface area contributed by atoms with Crippen molar-refractivity contribution in [3.8, 4) is 0 Å². The molecule has 0 aromatic heterocycles. The van der Waals surface area contributed by atoms with E-state index in [9.17, 15) is 0 Å². The summed E-state index contributed by atoms with van der Waals surface area (Å²) in [5.74, 6) is 0. The van der Waals surface area contributed by atoms with Gasteiger partial charge in [0.05, 0.1) is 0 Å². The van der Waals surface area contributed by atoms with Gasteiger partial charge in [-0.3, -0.25) is 0 Å². The monoisotopic (exact) mass is 223 g/mol. The molecule has 0 amide bonds. The lowest BCUT2D eigenvalue weighted by Crippen LogP contribution is -2.12. The van der Waals surface area contributed by atoms with Gasteiger partial charge in [-0.05, 0) is 42.4 Å². The first-order valence-electron chi connectivity index (χ1n) is 5.39. The number of benzene rings is 1. The van der Waals surface area contributed by atoms with Crippen molar-refractivity contribution in [3.05, 3.63) is 24.3 Å². The molecule has 2 heteroatoms. The Balaban J connectivity index is 2.38. The van der Waals surface area contributed by atoms with Crippen molar-refractivity contribution >= 4 is 17.4 Å². The summed E-state index contributed by atoms with van der Waals surface area (Å²) < 4.78 is 0. The molecule has 0 saturated carbocycles. The quantitative estimate of drug-likeness (QED) is 0.766. The molecule has 0 radical (unpaired) electrons. The number of anilines is 1. The minimum atomic E-state index is 0.409. The van der Waals surface area contributed by atoms with Crippen LogP contribution < -0.4 is 5.32 Å². The Kier molecular flexibility index (Phi) is 4.52. The molecule has 1 aromatic rings. The van der Waals surface area contributed by atoms with Gasteiger partial charge in [0.15, 0.2) is 0 Å². The number of hydrogen-bond donors (Lipinski definition) is 1. The number of rotatable bonds is 4. The third-order valence-electron chi connectivity index (χ3n) is 2.29. The molecule has 0 fully saturated rings. The number of hydrogen-bond acceptors (Lipinski definition) is 2. The Labute approximate surface area is 97.7 Å². The van der Waals surface area contributed by atoms with Gasteiger partial charge in [-0.15, -0.1) is 11.8 Å². The molecule has 0 aliphatic heterocycles. The average Bonchev–Trinajstić information content (AvgIpc) is 2.17. The summed E-state index contributed by atoms with van der Waals surface area (Å²) >= 11 is 1.78. The van der Waals surface area contributed by atoms with E-state index in [2.05, 4.69) is 56.6 Å². The summed E-state index contributed by atoms with van der Waals surface area (Å²) in [5.41, 5.74) is 1.63. The summed E-state index contributed by atoms with van der Waals surface area (Å²) in [6.45, 7) is 7.85. The van der Waals surface area contributed by atoms with Crippen LogP contribution in [0.4, 0.5) is 5.69 Å². The zero-order valence-corrected chi connectivity index (χ0v) is 10.9. The van der Waals surface area contributed by atoms with E-state index in [0.717, 1.165) is 6.54 Å². The van der Waals surface area contributed by atoms with Crippen molar-refractivity contribution in [2.75, 3.05) is 18.1 Å². The molecule has 0 unspecified atom stereocenters. The Morgan fingerprint density at radius 1 is 1.13 bits per heavy atom. The molecule has 84 valence electrons. The minimum Gasteiger partial charge on any atom is -0.385 e. The SMILES string of the molecule is CSc1ccc(NCCC(C)(C)C)cc1. The lowest BCUT2D eigenvalue weighted by Gasteiger charge is -2.18. The zero-order valence-electron chi connectivity index (χ0n) is 10.1. The molecule has 0 aliphatic rings. The van der Waals surface area contributed by atoms with Crippen LogP contribution in [-0.2, 0) is 0 Å². The van der Waals surface area contributed by atoms with Gasteiger partial charge >= 0.3 is 0 Å². The molecule has 0 heterocycles. The summed E-state index contributed by atoms with van der Waals surface area (Å²) in [4.78, 5) is 1.32. The van der Waals surface area contributed by atoms with Crippen LogP contribution in [0.25, 0.3) is 0 Å². The summed E-state index contributed by atoms with van der Waals surface area (Å²) in [6, 6.07) is 8.61. The van der Waals surface area contributed by atoms with Crippen LogP contribution in [0.1, 0.15) is 27.2 Å². The van der Waals surface area contributed by atoms with E-state index in [0.29, 0.717) is 5.41 Å². The fourth-order valence-corrected chi connectivity index (χ4v) is 1.70. The van der Waals surface area contributed by atoms with Gasteiger partial charge in [0, 0.05) is 17.1 Å². The maximum Gasteiger partial charge on any atom is 0.0340 e. The van der Waals surface area contributed by atoms with Gasteiger partial charge in [-0.2, -0.15) is 0 Å². The maximum atomic E-state index is 3.44. The van der Waals surface area contributed by atoms with Crippen molar-refractivity contribution in [2.24, 2.45) is 5.41 Å². The first-order valence-corrected chi connectivity index (χ1v) is 6.62. The lowest BCUT2D eigenvalue weighted by atomic mass is 9.92. The van der Waals surface area contributed by atoms with Crippen molar-refractivity contribution in [3.63, 3.8) is 0 Å². The van der Waals surface area contributed by atoms with Crippen molar-refractivity contribution < 1.29 is 0 Å². The molecule has 0 atom stereocenters. The summed E-state index contributed by atoms with van der Waals surface area (Å²) in [5, 5.41) is 3.44. The van der Waals surface area contributed by atoms with Gasteiger partial charge in [-0.1, -0.05) is 20.8 Å². The first kappa shape index (κ1) is 12.4. The van der Waals surface area contributed by atoms with Crippen molar-refractivity contribution in [2.45, 2.75) is 32.1 Å². The van der Waals surface area contributed by atoms with E-state index in [1.807, 2.05) is 0 Å². The van der Waals surface area contributed by atoms with Crippen LogP contribution in [0.15, 0.2) is 29.2 Å². The molecule has 0 aliphatic carbocycles. The van der Waals surface area contributed by atoms with E-state index >= 15 is 0 Å². The topological polar surface area (TPSA) is 12.0 Å². The van der Waals surface area contributed by atoms with Crippen LogP contribution in [0.3, 0.4) is 0 Å². The molecule has 1 N–H and O–H groups in total. The van der Waals surface area contributed by atoms with Gasteiger partial charge < -0.3 is 5.32 Å². The molecule has 0 bridgehead atoms. The smallest absolute Gasteiger partial charge is 0.0340 e. The number of nitrogens with one attached hydrogen (secondary N) is 1. The highest BCUT2D eigenvalue weighted by molar-refractivity contribution is 7.98. The second-order valence-electron chi connectivity index (χ2n) is 4.97. The van der Waals surface area contributed by atoms with Crippen molar-refractivity contribution in [1.29, 1.82) is 0 Å². The third-order valence-corrected chi connectivity index (χ3v) is 3.04. The second kappa shape index (κ2) is 5.45. The normalized spacial score (nSPS) is 11.5. The average molecular weight is 223 g/mol. The Bertz CT molecular complexity index is 284. The van der Waals surface area contributed by atoms with E-state index in [4.69, 9.17) is 0 Å². The molecule has 0 spiro atoms. The Morgan fingerprint density at radius 3 is 2.20 bits per heavy atom. The van der Waals surface area contributed by atoms with Crippen LogP contribution in [0, 0.1) is 5.41 Å². The fourth-order valence-electron chi connectivity index (χ4n) is 1.29. The third kappa shape index (κ3) is 5.12. The minimum absolute atomic E-state index is 0.409. The van der Waals surface area contributed by atoms with E-state index < -0.39 is 0 Å². The van der Waals surface area contributed by atoms with Crippen LogP contribution in [0.2, 0.25) is 0 Å². The van der Waals surface area contributed by atoms with E-state index in [1.165, 1.54) is 17.0 Å². The molecule has 1 nitrogen and oxygen atoms in total. The summed E-state index contributed by atoms with van der Waals surface area (Å²) in [7, 11) is 0. The van der Waals surface area contributed by atoms with Gasteiger partial charge in [-0.25, -0.2) is 0 Å². The standard InChI is InChI=1S/C13H21NS/c1-13(2,3)9-10-14-11-5-7-12(15-4)8-6-11/h5-8,14H,9-10H2,1-4H3.